The summed E-state index contributed by atoms with van der Waals surface area (Å²) in [5, 5.41) is 24.5. The van der Waals surface area contributed by atoms with E-state index in [1.807, 2.05) is 31.2 Å². The maximum Gasteiger partial charge on any atom is 0.267 e. The number of nitrogens with zero attached hydrogens (tertiary/aromatic N) is 1. The van der Waals surface area contributed by atoms with Crippen LogP contribution < -0.4 is 10.6 Å². The molecule has 5 nitrogen and oxygen atoms in total. The molecule has 0 spiro atoms. The Kier molecular flexibility index (Phi) is 5.80. The highest BCUT2D eigenvalue weighted by Gasteiger charge is 2.12. The second kappa shape index (κ2) is 8.02. The Hall–Kier alpha value is -3.26. The van der Waals surface area contributed by atoms with Gasteiger partial charge in [0.05, 0.1) is 0 Å². The molecular weight excluding hydrogens is 314 g/mol. The minimum absolute atomic E-state index is 0.0298. The highest BCUT2D eigenvalue weighted by Crippen LogP contribution is 2.22. The Morgan fingerprint density at radius 3 is 2.64 bits per heavy atom. The molecule has 0 bridgehead atoms. The van der Waals surface area contributed by atoms with Crippen LogP contribution in [-0.4, -0.2) is 11.0 Å². The fourth-order valence-electron chi connectivity index (χ4n) is 2.50. The lowest BCUT2D eigenvalue weighted by Gasteiger charge is -2.12. The normalized spacial score (nSPS) is 10.9. The van der Waals surface area contributed by atoms with Crippen LogP contribution in [0.2, 0.25) is 0 Å². The molecule has 2 aromatic rings. The van der Waals surface area contributed by atoms with Crippen molar-refractivity contribution in [2.75, 3.05) is 10.6 Å². The molecule has 0 radical (unpaired) electrons. The molecule has 0 saturated carbocycles. The van der Waals surface area contributed by atoms with E-state index in [9.17, 15) is 15.2 Å². The number of nitrogens with one attached hydrogen (secondary N) is 2. The molecule has 0 fully saturated rings. The first kappa shape index (κ1) is 18.1. The number of rotatable bonds is 5. The Bertz CT molecular complexity index is 864. The molecule has 3 N–H and O–H groups in total. The number of anilines is 2. The van der Waals surface area contributed by atoms with Crippen LogP contribution in [0.15, 0.2) is 48.2 Å². The maximum atomic E-state index is 12.3. The number of carbonyl (C=O) groups is 1. The molecule has 25 heavy (non-hydrogen) atoms. The quantitative estimate of drug-likeness (QED) is 0.437. The van der Waals surface area contributed by atoms with Gasteiger partial charge in [0.25, 0.3) is 5.91 Å². The number of carbonyl (C=O) groups excluding carboxylic acids is 1. The lowest BCUT2D eigenvalue weighted by Crippen LogP contribution is -2.15. The number of benzene rings is 2. The van der Waals surface area contributed by atoms with Crippen molar-refractivity contribution < 1.29 is 9.90 Å². The monoisotopic (exact) mass is 335 g/mol. The van der Waals surface area contributed by atoms with Crippen LogP contribution in [-0.2, 0) is 11.2 Å². The molecule has 128 valence electrons. The maximum absolute atomic E-state index is 12.3. The summed E-state index contributed by atoms with van der Waals surface area (Å²) >= 11 is 0. The number of amides is 1. The van der Waals surface area contributed by atoms with Crippen molar-refractivity contribution in [2.45, 2.75) is 27.2 Å². The highest BCUT2D eigenvalue weighted by atomic mass is 16.3. The smallest absolute Gasteiger partial charge is 0.267 e. The zero-order valence-corrected chi connectivity index (χ0v) is 14.6. The second-order valence-corrected chi connectivity index (χ2v) is 5.73. The van der Waals surface area contributed by atoms with Crippen LogP contribution in [0, 0.1) is 25.2 Å². The van der Waals surface area contributed by atoms with E-state index in [1.165, 1.54) is 12.3 Å². The number of phenols is 1. The molecule has 0 heterocycles. The lowest BCUT2D eigenvalue weighted by atomic mass is 10.1. The van der Waals surface area contributed by atoms with Gasteiger partial charge < -0.3 is 15.7 Å². The minimum Gasteiger partial charge on any atom is -0.508 e. The van der Waals surface area contributed by atoms with Crippen LogP contribution in [0.5, 0.6) is 5.75 Å². The third-order valence-corrected chi connectivity index (χ3v) is 3.92. The van der Waals surface area contributed by atoms with Crippen LogP contribution >= 0.6 is 0 Å². The number of hydrogen-bond acceptors (Lipinski definition) is 4. The summed E-state index contributed by atoms with van der Waals surface area (Å²) in [7, 11) is 0. The first-order valence-electron chi connectivity index (χ1n) is 8.02. The van der Waals surface area contributed by atoms with Crippen molar-refractivity contribution in [2.24, 2.45) is 0 Å². The van der Waals surface area contributed by atoms with Gasteiger partial charge in [-0.2, -0.15) is 5.26 Å². The number of nitriles is 1. The van der Waals surface area contributed by atoms with Gasteiger partial charge in [0, 0.05) is 17.6 Å². The molecule has 0 aliphatic rings. The molecule has 5 heteroatoms. The van der Waals surface area contributed by atoms with Gasteiger partial charge in [-0.3, -0.25) is 4.79 Å². The Morgan fingerprint density at radius 2 is 2.00 bits per heavy atom. The Balaban J connectivity index is 2.20. The summed E-state index contributed by atoms with van der Waals surface area (Å²) in [6, 6.07) is 12.5. The topological polar surface area (TPSA) is 85.2 Å². The molecule has 2 aromatic carbocycles. The number of phenolic OH excluding ortho intramolecular Hbond substituents is 1. The van der Waals surface area contributed by atoms with Gasteiger partial charge in [-0.15, -0.1) is 0 Å². The van der Waals surface area contributed by atoms with Crippen LogP contribution in [0.1, 0.15) is 23.6 Å². The SMILES string of the molecule is CCc1cccc(C)c1N/C=C(/C#N)C(=O)Nc1ccc(O)cc1C. The standard InChI is InChI=1S/C20H21N3O2/c1-4-15-7-5-6-13(2)19(15)22-12-16(11-21)20(25)23-18-9-8-17(24)10-14(18)3/h5-10,12,22,24H,4H2,1-3H3,(H,23,25)/b16-12-. The average Bonchev–Trinajstić information content (AvgIpc) is 2.59. The Morgan fingerprint density at radius 1 is 1.24 bits per heavy atom. The summed E-state index contributed by atoms with van der Waals surface area (Å²) in [5.74, 6) is -0.379. The summed E-state index contributed by atoms with van der Waals surface area (Å²) in [5.41, 5.74) is 4.30. The van der Waals surface area contributed by atoms with E-state index >= 15 is 0 Å². The van der Waals surface area contributed by atoms with Gasteiger partial charge in [-0.05, 0) is 55.2 Å². The average molecular weight is 335 g/mol. The van der Waals surface area contributed by atoms with Crippen molar-refractivity contribution in [1.82, 2.24) is 0 Å². The molecule has 0 atom stereocenters. The molecule has 0 unspecified atom stereocenters. The Labute approximate surface area is 147 Å². The summed E-state index contributed by atoms with van der Waals surface area (Å²) < 4.78 is 0. The van der Waals surface area contributed by atoms with E-state index in [-0.39, 0.29) is 11.3 Å². The van der Waals surface area contributed by atoms with Gasteiger partial charge in [0.2, 0.25) is 0 Å². The van der Waals surface area contributed by atoms with Crippen molar-refractivity contribution >= 4 is 17.3 Å². The zero-order chi connectivity index (χ0) is 18.4. The number of aromatic hydroxyl groups is 1. The molecule has 0 aliphatic heterocycles. The van der Waals surface area contributed by atoms with Gasteiger partial charge in [0.15, 0.2) is 0 Å². The van der Waals surface area contributed by atoms with Gasteiger partial charge in [-0.25, -0.2) is 0 Å². The summed E-state index contributed by atoms with van der Waals surface area (Å²) in [4.78, 5) is 12.3. The first-order valence-corrected chi connectivity index (χ1v) is 8.02. The summed E-state index contributed by atoms with van der Waals surface area (Å²) in [6.45, 7) is 5.79. The third-order valence-electron chi connectivity index (χ3n) is 3.92. The molecular formula is C20H21N3O2. The second-order valence-electron chi connectivity index (χ2n) is 5.73. The van der Waals surface area contributed by atoms with Gasteiger partial charge in [-0.1, -0.05) is 25.1 Å². The number of aryl methyl sites for hydroxylation is 3. The van der Waals surface area contributed by atoms with E-state index in [0.717, 1.165) is 23.2 Å². The fraction of sp³-hybridized carbons (Fsp3) is 0.200. The molecule has 0 saturated heterocycles. The largest absolute Gasteiger partial charge is 0.508 e. The summed E-state index contributed by atoms with van der Waals surface area (Å²) in [6.07, 6.45) is 2.27. The molecule has 2 rings (SSSR count). The number of hydrogen-bond donors (Lipinski definition) is 3. The molecule has 0 aromatic heterocycles. The lowest BCUT2D eigenvalue weighted by molar-refractivity contribution is -0.112. The van der Waals surface area contributed by atoms with Crippen LogP contribution in [0.4, 0.5) is 11.4 Å². The minimum atomic E-state index is -0.504. The first-order chi connectivity index (χ1) is 12.0. The fourth-order valence-corrected chi connectivity index (χ4v) is 2.50. The van der Waals surface area contributed by atoms with Crippen molar-refractivity contribution in [3.8, 4) is 11.8 Å². The number of para-hydroxylation sites is 1. The van der Waals surface area contributed by atoms with Gasteiger partial charge in [0.1, 0.15) is 17.4 Å². The van der Waals surface area contributed by atoms with E-state index in [4.69, 9.17) is 0 Å². The predicted octanol–water partition coefficient (Wildman–Crippen LogP) is 4.03. The van der Waals surface area contributed by atoms with Gasteiger partial charge >= 0.3 is 0 Å². The van der Waals surface area contributed by atoms with E-state index in [2.05, 4.69) is 17.6 Å². The molecule has 0 aliphatic carbocycles. The highest BCUT2D eigenvalue weighted by molar-refractivity contribution is 6.07. The van der Waals surface area contributed by atoms with E-state index in [1.54, 1.807) is 19.1 Å². The predicted molar refractivity (Wildman–Crippen MR) is 99.3 cm³/mol. The van der Waals surface area contributed by atoms with Crippen molar-refractivity contribution in [1.29, 1.82) is 5.26 Å². The molecule has 1 amide bonds. The zero-order valence-electron chi connectivity index (χ0n) is 14.6. The van der Waals surface area contributed by atoms with Crippen molar-refractivity contribution in [3.05, 3.63) is 64.9 Å². The third kappa shape index (κ3) is 4.39. The van der Waals surface area contributed by atoms with E-state index in [0.29, 0.717) is 11.3 Å². The van der Waals surface area contributed by atoms with Crippen LogP contribution in [0.25, 0.3) is 0 Å². The van der Waals surface area contributed by atoms with E-state index < -0.39 is 5.91 Å². The van der Waals surface area contributed by atoms with Crippen molar-refractivity contribution in [3.63, 3.8) is 0 Å². The van der Waals surface area contributed by atoms with Crippen LogP contribution in [0.3, 0.4) is 0 Å².